The van der Waals surface area contributed by atoms with E-state index in [0.717, 1.165) is 30.2 Å². The van der Waals surface area contributed by atoms with Gasteiger partial charge in [-0.25, -0.2) is 4.98 Å². The van der Waals surface area contributed by atoms with Crippen LogP contribution in [0.5, 0.6) is 0 Å². The van der Waals surface area contributed by atoms with Gasteiger partial charge < -0.3 is 9.74 Å². The van der Waals surface area contributed by atoms with Crippen molar-refractivity contribution in [1.82, 2.24) is 10.3 Å². The van der Waals surface area contributed by atoms with Gasteiger partial charge in [-0.1, -0.05) is 76.3 Å². The van der Waals surface area contributed by atoms with E-state index < -0.39 is 8.32 Å². The highest BCUT2D eigenvalue weighted by Crippen LogP contribution is 2.38. The molecule has 1 aromatic heterocycles. The van der Waals surface area contributed by atoms with E-state index >= 15 is 0 Å². The molecule has 3 nitrogen and oxygen atoms in total. The van der Waals surface area contributed by atoms with Gasteiger partial charge in [0.05, 0.1) is 16.1 Å². The van der Waals surface area contributed by atoms with Crippen LogP contribution in [0.15, 0.2) is 6.20 Å². The van der Waals surface area contributed by atoms with E-state index in [-0.39, 0.29) is 16.7 Å². The molecule has 0 aliphatic heterocycles. The molecule has 25 heavy (non-hydrogen) atoms. The molecule has 7 heteroatoms. The third-order valence-electron chi connectivity index (χ3n) is 4.60. The molecular formula is C18H31Cl3N2OSi. The van der Waals surface area contributed by atoms with Gasteiger partial charge in [-0.3, -0.25) is 0 Å². The van der Waals surface area contributed by atoms with Crippen molar-refractivity contribution in [3.8, 4) is 0 Å². The summed E-state index contributed by atoms with van der Waals surface area (Å²) in [6.07, 6.45) is 1.33. The molecule has 0 aliphatic rings. The van der Waals surface area contributed by atoms with Crippen LogP contribution in [0, 0.1) is 5.41 Å². The molecule has 0 radical (unpaired) electrons. The number of pyridine rings is 1. The summed E-state index contributed by atoms with van der Waals surface area (Å²) < 4.78 is 6.72. The number of hydrogen-bond donors (Lipinski definition) is 1. The van der Waals surface area contributed by atoms with Gasteiger partial charge in [-0.05, 0) is 23.5 Å². The Morgan fingerprint density at radius 3 is 2.16 bits per heavy atom. The van der Waals surface area contributed by atoms with Gasteiger partial charge in [0, 0.05) is 24.8 Å². The predicted molar refractivity (Wildman–Crippen MR) is 113 cm³/mol. The fourth-order valence-corrected chi connectivity index (χ4v) is 6.37. The largest absolute Gasteiger partial charge is 0.409 e. The first-order chi connectivity index (χ1) is 11.6. The number of halogens is 3. The highest BCUT2D eigenvalue weighted by Gasteiger charge is 2.34. The van der Waals surface area contributed by atoms with E-state index in [1.807, 2.05) is 0 Å². The standard InChI is InChI=1S/C18H31Cl3N2OSi/c1-7-25(8-2,9-3)24-14(11-22-12-18(4,5)6)15-13(19)10-23-17(21)16(15)20/h10,14,22H,7-9,11-12H2,1-6H3. The van der Waals surface area contributed by atoms with Crippen LogP contribution in [0.25, 0.3) is 0 Å². The van der Waals surface area contributed by atoms with Gasteiger partial charge in [-0.2, -0.15) is 0 Å². The average molecular weight is 426 g/mol. The van der Waals surface area contributed by atoms with Gasteiger partial charge >= 0.3 is 0 Å². The van der Waals surface area contributed by atoms with Gasteiger partial charge in [-0.15, -0.1) is 0 Å². The summed E-state index contributed by atoms with van der Waals surface area (Å²) in [6.45, 7) is 14.7. The average Bonchev–Trinajstić information content (AvgIpc) is 2.55. The SMILES string of the molecule is CC[Si](CC)(CC)OC(CNCC(C)(C)C)c1c(Cl)cnc(Cl)c1Cl. The number of nitrogens with one attached hydrogen (secondary N) is 1. The van der Waals surface area contributed by atoms with Crippen LogP contribution in [0.4, 0.5) is 0 Å². The molecule has 1 rings (SSSR count). The highest BCUT2D eigenvalue weighted by molar-refractivity contribution is 6.73. The molecule has 0 aromatic carbocycles. The molecule has 1 aromatic rings. The summed E-state index contributed by atoms with van der Waals surface area (Å²) in [5.41, 5.74) is 0.931. The zero-order chi connectivity index (χ0) is 19.3. The Morgan fingerprint density at radius 1 is 1.12 bits per heavy atom. The van der Waals surface area contributed by atoms with E-state index in [4.69, 9.17) is 39.2 Å². The lowest BCUT2D eigenvalue weighted by molar-refractivity contribution is 0.181. The molecule has 0 bridgehead atoms. The Bertz CT molecular complexity index is 552. The van der Waals surface area contributed by atoms with Crippen molar-refractivity contribution in [2.24, 2.45) is 5.41 Å². The van der Waals surface area contributed by atoms with Gasteiger partial charge in [0.15, 0.2) is 8.32 Å². The molecule has 1 atom stereocenters. The third-order valence-corrected chi connectivity index (χ3v) is 10.3. The second kappa shape index (κ2) is 9.91. The summed E-state index contributed by atoms with van der Waals surface area (Å²) in [5.74, 6) is 0. The lowest BCUT2D eigenvalue weighted by Gasteiger charge is -2.35. The van der Waals surface area contributed by atoms with E-state index in [1.54, 1.807) is 6.20 Å². The summed E-state index contributed by atoms with van der Waals surface area (Å²) in [4.78, 5) is 4.03. The molecule has 1 N–H and O–H groups in total. The van der Waals surface area contributed by atoms with E-state index in [9.17, 15) is 0 Å². The Morgan fingerprint density at radius 2 is 1.68 bits per heavy atom. The molecule has 0 amide bonds. The van der Waals surface area contributed by atoms with E-state index in [2.05, 4.69) is 51.8 Å². The Kier molecular flexibility index (Phi) is 9.19. The van der Waals surface area contributed by atoms with Gasteiger partial charge in [0.25, 0.3) is 0 Å². The van der Waals surface area contributed by atoms with Crippen molar-refractivity contribution in [2.45, 2.75) is 65.8 Å². The number of nitrogens with zero attached hydrogens (tertiary/aromatic N) is 1. The Labute approximate surface area is 168 Å². The number of rotatable bonds is 9. The molecule has 1 heterocycles. The zero-order valence-electron chi connectivity index (χ0n) is 16.2. The Balaban J connectivity index is 3.17. The van der Waals surface area contributed by atoms with Crippen molar-refractivity contribution in [2.75, 3.05) is 13.1 Å². The summed E-state index contributed by atoms with van der Waals surface area (Å²) in [6, 6.07) is 3.18. The molecule has 144 valence electrons. The van der Waals surface area contributed by atoms with Crippen molar-refractivity contribution in [3.63, 3.8) is 0 Å². The lowest BCUT2D eigenvalue weighted by atomic mass is 9.97. The number of aromatic nitrogens is 1. The first-order valence-electron chi connectivity index (χ1n) is 8.97. The van der Waals surface area contributed by atoms with Gasteiger partial charge in [0.1, 0.15) is 5.15 Å². The van der Waals surface area contributed by atoms with Crippen LogP contribution < -0.4 is 5.32 Å². The van der Waals surface area contributed by atoms with Crippen molar-refractivity contribution >= 4 is 43.1 Å². The Hall–Kier alpha value is 0.157. The molecular weight excluding hydrogens is 395 g/mol. The van der Waals surface area contributed by atoms with Crippen LogP contribution in [-0.2, 0) is 4.43 Å². The monoisotopic (exact) mass is 424 g/mol. The fourth-order valence-electron chi connectivity index (χ4n) is 2.83. The van der Waals surface area contributed by atoms with Crippen molar-refractivity contribution in [3.05, 3.63) is 27.0 Å². The first kappa shape index (κ1) is 23.2. The topological polar surface area (TPSA) is 34.1 Å². The highest BCUT2D eigenvalue weighted by atomic mass is 35.5. The lowest BCUT2D eigenvalue weighted by Crippen LogP contribution is -2.41. The minimum atomic E-state index is -1.84. The molecule has 0 saturated carbocycles. The minimum absolute atomic E-state index is 0.183. The second-order valence-electron chi connectivity index (χ2n) is 7.67. The fraction of sp³-hybridized carbons (Fsp3) is 0.722. The maximum atomic E-state index is 6.72. The maximum Gasteiger partial charge on any atom is 0.192 e. The van der Waals surface area contributed by atoms with E-state index in [0.29, 0.717) is 16.6 Å². The second-order valence-corrected chi connectivity index (χ2v) is 13.5. The van der Waals surface area contributed by atoms with Crippen LogP contribution in [0.3, 0.4) is 0 Å². The third kappa shape index (κ3) is 6.67. The van der Waals surface area contributed by atoms with Crippen LogP contribution in [0.1, 0.15) is 53.2 Å². The van der Waals surface area contributed by atoms with Crippen LogP contribution >= 0.6 is 34.8 Å². The molecule has 0 saturated heterocycles. The molecule has 0 aliphatic carbocycles. The van der Waals surface area contributed by atoms with Crippen LogP contribution in [-0.4, -0.2) is 26.4 Å². The minimum Gasteiger partial charge on any atom is -0.409 e. The maximum absolute atomic E-state index is 6.72. The quantitative estimate of drug-likeness (QED) is 0.351. The van der Waals surface area contributed by atoms with Gasteiger partial charge in [0.2, 0.25) is 0 Å². The zero-order valence-corrected chi connectivity index (χ0v) is 19.4. The first-order valence-corrected chi connectivity index (χ1v) is 12.6. The number of hydrogen-bond acceptors (Lipinski definition) is 3. The van der Waals surface area contributed by atoms with Crippen molar-refractivity contribution in [1.29, 1.82) is 0 Å². The molecule has 0 fully saturated rings. The smallest absolute Gasteiger partial charge is 0.192 e. The summed E-state index contributed by atoms with van der Waals surface area (Å²) >= 11 is 19.0. The van der Waals surface area contributed by atoms with Crippen LogP contribution in [0.2, 0.25) is 33.3 Å². The predicted octanol–water partition coefficient (Wildman–Crippen LogP) is 6.74. The van der Waals surface area contributed by atoms with Crippen molar-refractivity contribution < 1.29 is 4.43 Å². The summed E-state index contributed by atoms with van der Waals surface area (Å²) in [5, 5.41) is 4.67. The molecule has 1 unspecified atom stereocenters. The summed E-state index contributed by atoms with van der Waals surface area (Å²) in [7, 11) is -1.84. The van der Waals surface area contributed by atoms with E-state index in [1.165, 1.54) is 0 Å². The molecule has 0 spiro atoms. The normalized spacial score (nSPS) is 14.0.